The molecule has 3 unspecified atom stereocenters. The lowest BCUT2D eigenvalue weighted by Crippen LogP contribution is -2.42. The predicted octanol–water partition coefficient (Wildman–Crippen LogP) is 4.63. The number of aryl methyl sites for hydroxylation is 2. The second kappa shape index (κ2) is 10.5. The van der Waals surface area contributed by atoms with E-state index in [2.05, 4.69) is 12.1 Å². The SMILES string of the molecule is COc1ccc2c(c1)CCCC2CC(=O)OC(C(=O)N(C)C)C1CCCc2cc(OC)ccc21. The third-order valence-electron chi connectivity index (χ3n) is 7.22. The van der Waals surface area contributed by atoms with Crippen LogP contribution in [0.1, 0.15) is 66.2 Å². The van der Waals surface area contributed by atoms with E-state index in [0.29, 0.717) is 0 Å². The van der Waals surface area contributed by atoms with Gasteiger partial charge in [-0.05, 0) is 91.0 Å². The predicted molar refractivity (Wildman–Crippen MR) is 131 cm³/mol. The van der Waals surface area contributed by atoms with Crippen molar-refractivity contribution in [2.24, 2.45) is 0 Å². The maximum Gasteiger partial charge on any atom is 0.307 e. The first-order valence-electron chi connectivity index (χ1n) is 12.2. The van der Waals surface area contributed by atoms with Crippen molar-refractivity contribution in [1.82, 2.24) is 4.90 Å². The molecule has 3 atom stereocenters. The number of methoxy groups -OCH3 is 2. The molecule has 0 radical (unpaired) electrons. The molecule has 0 spiro atoms. The van der Waals surface area contributed by atoms with E-state index in [4.69, 9.17) is 14.2 Å². The number of carbonyl (C=O) groups excluding carboxylic acids is 2. The smallest absolute Gasteiger partial charge is 0.307 e. The molecular formula is C28H35NO5. The summed E-state index contributed by atoms with van der Waals surface area (Å²) in [6.07, 6.45) is 5.08. The highest BCUT2D eigenvalue weighted by Gasteiger charge is 2.37. The minimum Gasteiger partial charge on any atom is -0.497 e. The Morgan fingerprint density at radius 3 is 2.12 bits per heavy atom. The molecule has 0 N–H and O–H groups in total. The van der Waals surface area contributed by atoms with Crippen LogP contribution in [0.2, 0.25) is 0 Å². The normalized spacial score (nSPS) is 19.9. The lowest BCUT2D eigenvalue weighted by Gasteiger charge is -2.33. The van der Waals surface area contributed by atoms with Crippen molar-refractivity contribution >= 4 is 11.9 Å². The Morgan fingerprint density at radius 1 is 0.912 bits per heavy atom. The number of esters is 1. The highest BCUT2D eigenvalue weighted by Crippen LogP contribution is 2.39. The second-order valence-corrected chi connectivity index (χ2v) is 9.56. The molecule has 2 aliphatic carbocycles. The first-order chi connectivity index (χ1) is 16.4. The standard InChI is InChI=1S/C28H35NO5/c1-29(2)28(31)27(25-10-6-9-19-16-22(33-4)12-14-24(19)25)34-26(30)17-20-8-5-7-18-15-21(32-3)11-13-23(18)20/h11-16,20,25,27H,5-10,17H2,1-4H3. The molecule has 1 amide bonds. The summed E-state index contributed by atoms with van der Waals surface area (Å²) in [6, 6.07) is 12.1. The van der Waals surface area contributed by atoms with E-state index in [9.17, 15) is 9.59 Å². The summed E-state index contributed by atoms with van der Waals surface area (Å²) in [6.45, 7) is 0. The summed E-state index contributed by atoms with van der Waals surface area (Å²) < 4.78 is 16.8. The first-order valence-corrected chi connectivity index (χ1v) is 12.2. The molecule has 6 heteroatoms. The van der Waals surface area contributed by atoms with Crippen LogP contribution in [-0.4, -0.2) is 51.2 Å². The number of hydrogen-bond acceptors (Lipinski definition) is 5. The fourth-order valence-corrected chi connectivity index (χ4v) is 5.45. The largest absolute Gasteiger partial charge is 0.497 e. The minimum atomic E-state index is -0.825. The number of hydrogen-bond donors (Lipinski definition) is 0. The van der Waals surface area contributed by atoms with Gasteiger partial charge in [0.15, 0.2) is 6.10 Å². The Kier molecular flexibility index (Phi) is 7.44. The van der Waals surface area contributed by atoms with Gasteiger partial charge in [-0.1, -0.05) is 12.1 Å². The molecule has 0 saturated heterocycles. The van der Waals surface area contributed by atoms with Gasteiger partial charge in [0.05, 0.1) is 20.6 Å². The van der Waals surface area contributed by atoms with E-state index in [1.807, 2.05) is 24.3 Å². The third-order valence-corrected chi connectivity index (χ3v) is 7.22. The maximum atomic E-state index is 13.2. The van der Waals surface area contributed by atoms with Gasteiger partial charge >= 0.3 is 5.97 Å². The van der Waals surface area contributed by atoms with Crippen LogP contribution in [0.3, 0.4) is 0 Å². The molecule has 0 heterocycles. The zero-order valence-corrected chi connectivity index (χ0v) is 20.6. The quantitative estimate of drug-likeness (QED) is 0.558. The van der Waals surface area contributed by atoms with Crippen molar-refractivity contribution < 1.29 is 23.8 Å². The summed E-state index contributed by atoms with van der Waals surface area (Å²) in [4.78, 5) is 27.9. The van der Waals surface area contributed by atoms with Gasteiger partial charge in [-0.2, -0.15) is 0 Å². The summed E-state index contributed by atoms with van der Waals surface area (Å²) in [5.74, 6) is 1.10. The summed E-state index contributed by atoms with van der Waals surface area (Å²) in [5, 5.41) is 0. The van der Waals surface area contributed by atoms with Gasteiger partial charge in [0.1, 0.15) is 11.5 Å². The molecule has 34 heavy (non-hydrogen) atoms. The van der Waals surface area contributed by atoms with Gasteiger partial charge < -0.3 is 19.1 Å². The lowest BCUT2D eigenvalue weighted by molar-refractivity contribution is -0.161. The molecule has 2 aromatic carbocycles. The number of rotatable bonds is 7. The van der Waals surface area contributed by atoms with E-state index >= 15 is 0 Å². The molecule has 2 aromatic rings. The average Bonchev–Trinajstić information content (AvgIpc) is 2.85. The highest BCUT2D eigenvalue weighted by atomic mass is 16.5. The van der Waals surface area contributed by atoms with Crippen LogP contribution in [0.15, 0.2) is 36.4 Å². The lowest BCUT2D eigenvalue weighted by atomic mass is 9.79. The maximum absolute atomic E-state index is 13.2. The van der Waals surface area contributed by atoms with Crippen LogP contribution in [0.25, 0.3) is 0 Å². The molecule has 0 saturated carbocycles. The first kappa shape index (κ1) is 24.1. The van der Waals surface area contributed by atoms with E-state index in [1.54, 1.807) is 28.3 Å². The van der Waals surface area contributed by atoms with Crippen molar-refractivity contribution in [2.75, 3.05) is 28.3 Å². The number of benzene rings is 2. The average molecular weight is 466 g/mol. The van der Waals surface area contributed by atoms with Crippen molar-refractivity contribution in [3.63, 3.8) is 0 Å². The van der Waals surface area contributed by atoms with Gasteiger partial charge in [-0.15, -0.1) is 0 Å². The molecular weight excluding hydrogens is 430 g/mol. The van der Waals surface area contributed by atoms with Gasteiger partial charge in [0.2, 0.25) is 0 Å². The highest BCUT2D eigenvalue weighted by molar-refractivity contribution is 5.85. The molecule has 6 nitrogen and oxygen atoms in total. The molecule has 0 aliphatic heterocycles. The van der Waals surface area contributed by atoms with Gasteiger partial charge in [-0.25, -0.2) is 0 Å². The van der Waals surface area contributed by atoms with Gasteiger partial charge in [0, 0.05) is 20.0 Å². The van der Waals surface area contributed by atoms with E-state index in [-0.39, 0.29) is 30.1 Å². The second-order valence-electron chi connectivity index (χ2n) is 9.56. The van der Waals surface area contributed by atoms with Crippen LogP contribution < -0.4 is 9.47 Å². The zero-order chi connectivity index (χ0) is 24.2. The van der Waals surface area contributed by atoms with Crippen LogP contribution in [0, 0.1) is 0 Å². The van der Waals surface area contributed by atoms with Gasteiger partial charge in [-0.3, -0.25) is 9.59 Å². The zero-order valence-electron chi connectivity index (χ0n) is 20.6. The van der Waals surface area contributed by atoms with Crippen molar-refractivity contribution in [2.45, 2.75) is 62.9 Å². The number of carbonyl (C=O) groups is 2. The van der Waals surface area contributed by atoms with Crippen LogP contribution in [-0.2, 0) is 27.2 Å². The van der Waals surface area contributed by atoms with Crippen molar-refractivity contribution in [1.29, 1.82) is 0 Å². The Morgan fingerprint density at radius 2 is 1.50 bits per heavy atom. The number of amides is 1. The third kappa shape index (κ3) is 5.06. The van der Waals surface area contributed by atoms with Crippen LogP contribution >= 0.6 is 0 Å². The Bertz CT molecular complexity index is 1050. The number of fused-ring (bicyclic) bond motifs is 2. The number of ether oxygens (including phenoxy) is 3. The number of likely N-dealkylation sites (N-methyl/N-ethyl adjacent to an activating group) is 1. The summed E-state index contributed by atoms with van der Waals surface area (Å²) in [5.41, 5.74) is 4.67. The molecule has 0 fully saturated rings. The fraction of sp³-hybridized carbons (Fsp3) is 0.500. The van der Waals surface area contributed by atoms with E-state index in [0.717, 1.165) is 55.6 Å². The Hall–Kier alpha value is -3.02. The summed E-state index contributed by atoms with van der Waals surface area (Å²) in [7, 11) is 6.75. The fourth-order valence-electron chi connectivity index (χ4n) is 5.45. The molecule has 182 valence electrons. The number of nitrogens with zero attached hydrogens (tertiary/aromatic N) is 1. The van der Waals surface area contributed by atoms with E-state index in [1.165, 1.54) is 21.6 Å². The van der Waals surface area contributed by atoms with Crippen LogP contribution in [0.5, 0.6) is 11.5 Å². The van der Waals surface area contributed by atoms with Crippen molar-refractivity contribution in [3.8, 4) is 11.5 Å². The molecule has 0 bridgehead atoms. The van der Waals surface area contributed by atoms with Crippen LogP contribution in [0.4, 0.5) is 0 Å². The molecule has 2 aliphatic rings. The van der Waals surface area contributed by atoms with E-state index < -0.39 is 6.10 Å². The monoisotopic (exact) mass is 465 g/mol. The summed E-state index contributed by atoms with van der Waals surface area (Å²) >= 11 is 0. The Labute approximate surface area is 202 Å². The van der Waals surface area contributed by atoms with Gasteiger partial charge in [0.25, 0.3) is 5.91 Å². The molecule has 0 aromatic heterocycles. The topological polar surface area (TPSA) is 65.1 Å². The van der Waals surface area contributed by atoms with Crippen molar-refractivity contribution in [3.05, 3.63) is 58.7 Å². The molecule has 4 rings (SSSR count). The minimum absolute atomic E-state index is 0.0974. The Balaban J connectivity index is 1.54.